The average molecular weight is 268 g/mol. The number of rotatable bonds is 1. The van der Waals surface area contributed by atoms with Crippen molar-refractivity contribution in [1.82, 2.24) is 0 Å². The lowest BCUT2D eigenvalue weighted by atomic mass is 9.98. The van der Waals surface area contributed by atoms with Crippen LogP contribution in [0.1, 0.15) is 25.3 Å². The van der Waals surface area contributed by atoms with Crippen molar-refractivity contribution in [2.45, 2.75) is 19.8 Å². The number of para-hydroxylation sites is 1. The Labute approximate surface area is 117 Å². The molecule has 4 heteroatoms. The molecule has 0 N–H and O–H groups in total. The van der Waals surface area contributed by atoms with Crippen LogP contribution in [0.4, 0.5) is 5.69 Å². The highest BCUT2D eigenvalue weighted by molar-refractivity contribution is 5.93. The molecule has 0 bridgehead atoms. The molecule has 4 nitrogen and oxygen atoms in total. The molecule has 0 aliphatic carbocycles. The summed E-state index contributed by atoms with van der Waals surface area (Å²) in [5, 5.41) is 10.2. The minimum Gasteiger partial charge on any atom is -0.422 e. The highest BCUT2D eigenvalue weighted by Crippen LogP contribution is 2.31. The summed E-state index contributed by atoms with van der Waals surface area (Å²) in [4.78, 5) is 14.2. The molecule has 0 radical (unpaired) electrons. The molecule has 1 aliphatic rings. The Hall–Kier alpha value is -2.28. The molecule has 1 saturated heterocycles. The molecule has 1 aromatic heterocycles. The number of nitrogens with zero attached hydrogens (tertiary/aromatic N) is 2. The van der Waals surface area contributed by atoms with Gasteiger partial charge >= 0.3 is 5.63 Å². The van der Waals surface area contributed by atoms with Crippen LogP contribution in [0.3, 0.4) is 0 Å². The predicted molar refractivity (Wildman–Crippen MR) is 77.8 cm³/mol. The van der Waals surface area contributed by atoms with Gasteiger partial charge in [-0.2, -0.15) is 5.26 Å². The van der Waals surface area contributed by atoms with E-state index < -0.39 is 5.63 Å². The number of hydrogen-bond donors (Lipinski definition) is 0. The Bertz CT molecular complexity index is 742. The Balaban J connectivity index is 2.26. The summed E-state index contributed by atoms with van der Waals surface area (Å²) in [6.07, 6.45) is 2.28. The van der Waals surface area contributed by atoms with E-state index in [1.807, 2.05) is 24.3 Å². The van der Waals surface area contributed by atoms with Crippen molar-refractivity contribution in [3.63, 3.8) is 0 Å². The van der Waals surface area contributed by atoms with E-state index in [1.165, 1.54) is 6.42 Å². The molecule has 0 saturated carbocycles. The van der Waals surface area contributed by atoms with Crippen LogP contribution in [0.25, 0.3) is 11.0 Å². The van der Waals surface area contributed by atoms with Crippen LogP contribution in [0, 0.1) is 17.2 Å². The fraction of sp³-hybridized carbons (Fsp3) is 0.375. The molecule has 3 rings (SSSR count). The molecule has 102 valence electrons. The first-order valence-electron chi connectivity index (χ1n) is 6.91. The van der Waals surface area contributed by atoms with E-state index in [0.717, 1.165) is 30.6 Å². The number of nitriles is 1. The van der Waals surface area contributed by atoms with Gasteiger partial charge in [0, 0.05) is 18.5 Å². The average Bonchev–Trinajstić information content (AvgIpc) is 2.45. The summed E-state index contributed by atoms with van der Waals surface area (Å²) in [5.74, 6) is 0.571. The summed E-state index contributed by atoms with van der Waals surface area (Å²) >= 11 is 0. The summed E-state index contributed by atoms with van der Waals surface area (Å²) in [6.45, 7) is 3.96. The third-order valence-electron chi connectivity index (χ3n) is 3.87. The molecule has 1 aliphatic heterocycles. The number of fused-ring (bicyclic) bond motifs is 1. The fourth-order valence-electron chi connectivity index (χ4n) is 2.95. The topological polar surface area (TPSA) is 57.2 Å². The molecule has 0 spiro atoms. The number of hydrogen-bond acceptors (Lipinski definition) is 4. The largest absolute Gasteiger partial charge is 0.422 e. The maximum absolute atomic E-state index is 12.0. The highest BCUT2D eigenvalue weighted by atomic mass is 16.4. The molecule has 0 amide bonds. The van der Waals surface area contributed by atoms with Crippen LogP contribution in [0.5, 0.6) is 0 Å². The van der Waals surface area contributed by atoms with Gasteiger partial charge in [0.15, 0.2) is 5.56 Å². The second-order valence-corrected chi connectivity index (χ2v) is 5.41. The van der Waals surface area contributed by atoms with Crippen LogP contribution in [0.2, 0.25) is 0 Å². The van der Waals surface area contributed by atoms with Crippen LogP contribution in [0.15, 0.2) is 33.5 Å². The minimum atomic E-state index is -0.542. The van der Waals surface area contributed by atoms with Gasteiger partial charge in [0.05, 0.1) is 5.69 Å². The SMILES string of the molecule is CC1CCCN(c2c(C#N)c(=O)oc3ccccc23)C1. The number of anilines is 1. The minimum absolute atomic E-state index is 0.123. The normalized spacial score (nSPS) is 19.0. The number of benzene rings is 1. The summed E-state index contributed by atoms with van der Waals surface area (Å²) in [6, 6.07) is 9.44. The van der Waals surface area contributed by atoms with Gasteiger partial charge in [0.2, 0.25) is 0 Å². The van der Waals surface area contributed by atoms with Crippen molar-refractivity contribution in [2.24, 2.45) is 5.92 Å². The first-order chi connectivity index (χ1) is 9.70. The number of piperidine rings is 1. The van der Waals surface area contributed by atoms with Crippen LogP contribution >= 0.6 is 0 Å². The molecular weight excluding hydrogens is 252 g/mol. The van der Waals surface area contributed by atoms with E-state index in [-0.39, 0.29) is 5.56 Å². The van der Waals surface area contributed by atoms with E-state index in [9.17, 15) is 10.1 Å². The molecule has 1 fully saturated rings. The summed E-state index contributed by atoms with van der Waals surface area (Å²) in [7, 11) is 0. The van der Waals surface area contributed by atoms with Crippen LogP contribution in [-0.4, -0.2) is 13.1 Å². The molecule has 1 atom stereocenters. The molecule has 1 unspecified atom stereocenters. The predicted octanol–water partition coefficient (Wildman–Crippen LogP) is 2.90. The molecule has 2 aromatic rings. The van der Waals surface area contributed by atoms with Crippen LogP contribution in [-0.2, 0) is 0 Å². The lowest BCUT2D eigenvalue weighted by Gasteiger charge is -2.33. The van der Waals surface area contributed by atoms with Gasteiger partial charge < -0.3 is 9.32 Å². The molecule has 1 aromatic carbocycles. The second kappa shape index (κ2) is 5.01. The molecular formula is C16H16N2O2. The Kier molecular flexibility index (Phi) is 3.19. The van der Waals surface area contributed by atoms with Crippen LogP contribution < -0.4 is 10.5 Å². The molecule has 2 heterocycles. The third kappa shape index (κ3) is 2.05. The van der Waals surface area contributed by atoms with Gasteiger partial charge in [-0.15, -0.1) is 0 Å². The summed E-state index contributed by atoms with van der Waals surface area (Å²) < 4.78 is 5.24. The second-order valence-electron chi connectivity index (χ2n) is 5.41. The Morgan fingerprint density at radius 2 is 2.20 bits per heavy atom. The Morgan fingerprint density at radius 3 is 2.95 bits per heavy atom. The van der Waals surface area contributed by atoms with Gasteiger partial charge in [-0.05, 0) is 30.9 Å². The van der Waals surface area contributed by atoms with E-state index >= 15 is 0 Å². The first kappa shape index (κ1) is 12.7. The lowest BCUT2D eigenvalue weighted by molar-refractivity contribution is 0.446. The van der Waals surface area contributed by atoms with E-state index in [0.29, 0.717) is 11.5 Å². The smallest absolute Gasteiger partial charge is 0.356 e. The standard InChI is InChI=1S/C16H16N2O2/c1-11-5-4-8-18(10-11)15-12-6-2-3-7-14(12)20-16(19)13(15)9-17/h2-3,6-7,11H,4-5,8,10H2,1H3. The first-order valence-corrected chi connectivity index (χ1v) is 6.91. The Morgan fingerprint density at radius 1 is 1.40 bits per heavy atom. The van der Waals surface area contributed by atoms with Gasteiger partial charge in [-0.25, -0.2) is 4.79 Å². The maximum Gasteiger partial charge on any atom is 0.356 e. The fourth-order valence-corrected chi connectivity index (χ4v) is 2.95. The monoisotopic (exact) mass is 268 g/mol. The maximum atomic E-state index is 12.0. The van der Waals surface area contributed by atoms with Crippen molar-refractivity contribution >= 4 is 16.7 Å². The van der Waals surface area contributed by atoms with Gasteiger partial charge in [0.25, 0.3) is 0 Å². The lowest BCUT2D eigenvalue weighted by Crippen LogP contribution is -2.35. The summed E-state index contributed by atoms with van der Waals surface area (Å²) in [5.41, 5.74) is 0.868. The van der Waals surface area contributed by atoms with E-state index in [2.05, 4.69) is 11.8 Å². The highest BCUT2D eigenvalue weighted by Gasteiger charge is 2.23. The zero-order valence-electron chi connectivity index (χ0n) is 11.4. The van der Waals surface area contributed by atoms with Gasteiger partial charge in [-0.3, -0.25) is 0 Å². The quantitative estimate of drug-likeness (QED) is 0.746. The van der Waals surface area contributed by atoms with Crippen molar-refractivity contribution < 1.29 is 4.42 Å². The zero-order valence-corrected chi connectivity index (χ0v) is 11.4. The van der Waals surface area contributed by atoms with Crippen molar-refractivity contribution in [3.8, 4) is 6.07 Å². The molecule has 20 heavy (non-hydrogen) atoms. The van der Waals surface area contributed by atoms with E-state index in [4.69, 9.17) is 4.42 Å². The van der Waals surface area contributed by atoms with Crippen molar-refractivity contribution in [1.29, 1.82) is 5.26 Å². The van der Waals surface area contributed by atoms with Gasteiger partial charge in [0.1, 0.15) is 11.7 Å². The van der Waals surface area contributed by atoms with Crippen molar-refractivity contribution in [2.75, 3.05) is 18.0 Å². The van der Waals surface area contributed by atoms with Gasteiger partial charge in [-0.1, -0.05) is 19.1 Å². The third-order valence-corrected chi connectivity index (χ3v) is 3.87. The van der Waals surface area contributed by atoms with E-state index in [1.54, 1.807) is 6.07 Å². The zero-order chi connectivity index (χ0) is 14.1. The van der Waals surface area contributed by atoms with Crippen molar-refractivity contribution in [3.05, 3.63) is 40.2 Å².